The van der Waals surface area contributed by atoms with Gasteiger partial charge in [-0.05, 0) is 47.2 Å². The van der Waals surface area contributed by atoms with E-state index in [9.17, 15) is 9.59 Å². The summed E-state index contributed by atoms with van der Waals surface area (Å²) in [6, 6.07) is 11.6. The molecule has 1 saturated heterocycles. The molecule has 5 rings (SSSR count). The van der Waals surface area contributed by atoms with Gasteiger partial charge in [-0.1, -0.05) is 32.9 Å². The maximum atomic E-state index is 13.1. The maximum Gasteiger partial charge on any atom is 0.310 e. The average Bonchev–Trinajstić information content (AvgIpc) is 3.23. The first-order chi connectivity index (χ1) is 16.8. The number of esters is 1. The second-order valence-corrected chi connectivity index (χ2v) is 10.9. The van der Waals surface area contributed by atoms with Crippen LogP contribution in [0.3, 0.4) is 0 Å². The highest BCUT2D eigenvalue weighted by molar-refractivity contribution is 7.19. The van der Waals surface area contributed by atoms with Gasteiger partial charge in [0.2, 0.25) is 0 Å². The molecule has 6 nitrogen and oxygen atoms in total. The van der Waals surface area contributed by atoms with Crippen LogP contribution in [0.4, 0.5) is 5.00 Å². The van der Waals surface area contributed by atoms with Crippen LogP contribution in [0.2, 0.25) is 0 Å². The van der Waals surface area contributed by atoms with E-state index in [1.54, 1.807) is 24.3 Å². The van der Waals surface area contributed by atoms with E-state index in [4.69, 9.17) is 9.47 Å². The highest BCUT2D eigenvalue weighted by atomic mass is 32.1. The van der Waals surface area contributed by atoms with Crippen molar-refractivity contribution in [3.05, 3.63) is 53.0 Å². The zero-order valence-electron chi connectivity index (χ0n) is 20.4. The van der Waals surface area contributed by atoms with E-state index in [1.165, 1.54) is 0 Å². The van der Waals surface area contributed by atoms with Gasteiger partial charge >= 0.3 is 5.97 Å². The summed E-state index contributed by atoms with van der Waals surface area (Å²) < 4.78 is 11.0. The Hall–Kier alpha value is -3.03. The largest absolute Gasteiger partial charge is 0.427 e. The van der Waals surface area contributed by atoms with Gasteiger partial charge in [-0.15, -0.1) is 11.3 Å². The van der Waals surface area contributed by atoms with Gasteiger partial charge in [0.25, 0.3) is 0 Å². The number of thiophene rings is 1. The van der Waals surface area contributed by atoms with Crippen LogP contribution in [0.25, 0.3) is 22.4 Å². The molecular weight excluding hydrogens is 460 g/mol. The number of ketones is 1. The fourth-order valence-corrected chi connectivity index (χ4v) is 6.19. The Bertz CT molecular complexity index is 1270. The molecule has 1 aliphatic carbocycles. The monoisotopic (exact) mass is 490 g/mol. The summed E-state index contributed by atoms with van der Waals surface area (Å²) in [6.45, 7) is 9.12. The van der Waals surface area contributed by atoms with Crippen LogP contribution >= 0.6 is 11.3 Å². The number of nitrogens with zero attached hydrogens (tertiary/aromatic N) is 2. The number of rotatable bonds is 5. The minimum absolute atomic E-state index is 0.0739. The summed E-state index contributed by atoms with van der Waals surface area (Å²) >= 11 is 1.63. The third-order valence-corrected chi connectivity index (χ3v) is 7.87. The number of carbonyl (C=O) groups is 2. The lowest BCUT2D eigenvalue weighted by atomic mass is 9.75. The van der Waals surface area contributed by atoms with E-state index in [2.05, 4.69) is 29.8 Å². The number of aromatic nitrogens is 1. The standard InChI is InChI=1S/C28H30N2O4S/c1-4-24(32)34-20-7-5-6-18(14-20)22-15-19(8-9-29-22)25-21-16-28(2,3)17-23(31)26(21)35-27(25)30-10-12-33-13-11-30/h5-9,14-15H,4,10-13,16-17H2,1-3H3. The van der Waals surface area contributed by atoms with Crippen LogP contribution in [0.15, 0.2) is 42.6 Å². The van der Waals surface area contributed by atoms with Gasteiger partial charge in [0.15, 0.2) is 5.78 Å². The van der Waals surface area contributed by atoms with Crippen molar-refractivity contribution in [2.75, 3.05) is 31.2 Å². The van der Waals surface area contributed by atoms with Crippen molar-refractivity contribution in [3.8, 4) is 28.1 Å². The van der Waals surface area contributed by atoms with Crippen molar-refractivity contribution in [2.45, 2.75) is 40.0 Å². The minimum atomic E-state index is -0.267. The summed E-state index contributed by atoms with van der Waals surface area (Å²) in [4.78, 5) is 32.8. The van der Waals surface area contributed by atoms with Crippen molar-refractivity contribution in [3.63, 3.8) is 0 Å². The molecule has 35 heavy (non-hydrogen) atoms. The number of fused-ring (bicyclic) bond motifs is 1. The van der Waals surface area contributed by atoms with Crippen LogP contribution in [0, 0.1) is 5.41 Å². The number of pyridine rings is 1. The van der Waals surface area contributed by atoms with Gasteiger partial charge < -0.3 is 14.4 Å². The molecule has 0 saturated carbocycles. The molecular formula is C28H30N2O4S. The van der Waals surface area contributed by atoms with E-state index in [0.29, 0.717) is 31.8 Å². The maximum absolute atomic E-state index is 13.1. The third-order valence-electron chi connectivity index (χ3n) is 6.53. The first-order valence-corrected chi connectivity index (χ1v) is 13.0. The van der Waals surface area contributed by atoms with Gasteiger partial charge in [0.1, 0.15) is 5.75 Å². The zero-order valence-corrected chi connectivity index (χ0v) is 21.2. The van der Waals surface area contributed by atoms with Crippen molar-refractivity contribution < 1.29 is 19.1 Å². The number of morpholine rings is 1. The predicted octanol–water partition coefficient (Wildman–Crippen LogP) is 5.78. The number of ether oxygens (including phenoxy) is 2. The topological polar surface area (TPSA) is 68.7 Å². The molecule has 3 heterocycles. The lowest BCUT2D eigenvalue weighted by Crippen LogP contribution is -2.36. The summed E-state index contributed by atoms with van der Waals surface area (Å²) in [7, 11) is 0. The molecule has 3 aromatic rings. The Balaban J connectivity index is 1.60. The van der Waals surface area contributed by atoms with Gasteiger partial charge in [-0.25, -0.2) is 0 Å². The smallest absolute Gasteiger partial charge is 0.310 e. The minimum Gasteiger partial charge on any atom is -0.427 e. The number of hydrogen-bond acceptors (Lipinski definition) is 7. The van der Waals surface area contributed by atoms with Gasteiger partial charge in [0.05, 0.1) is 28.8 Å². The van der Waals surface area contributed by atoms with E-state index in [1.807, 2.05) is 30.5 Å². The molecule has 1 fully saturated rings. The van der Waals surface area contributed by atoms with E-state index in [-0.39, 0.29) is 17.2 Å². The fraction of sp³-hybridized carbons (Fsp3) is 0.393. The van der Waals surface area contributed by atoms with Crippen LogP contribution in [0.1, 0.15) is 48.8 Å². The number of carbonyl (C=O) groups excluding carboxylic acids is 2. The second kappa shape index (κ2) is 9.55. The quantitative estimate of drug-likeness (QED) is 0.333. The molecule has 2 aromatic heterocycles. The number of hydrogen-bond donors (Lipinski definition) is 0. The normalized spacial score (nSPS) is 17.2. The summed E-state index contributed by atoms with van der Waals surface area (Å²) in [5, 5.41) is 1.15. The zero-order chi connectivity index (χ0) is 24.6. The Morgan fingerprint density at radius 2 is 1.94 bits per heavy atom. The van der Waals surface area contributed by atoms with Crippen molar-refractivity contribution in [2.24, 2.45) is 5.41 Å². The van der Waals surface area contributed by atoms with Gasteiger partial charge in [0, 0.05) is 43.3 Å². The van der Waals surface area contributed by atoms with Crippen LogP contribution in [-0.2, 0) is 16.0 Å². The van der Waals surface area contributed by atoms with Crippen molar-refractivity contribution in [1.82, 2.24) is 4.98 Å². The van der Waals surface area contributed by atoms with Crippen molar-refractivity contribution in [1.29, 1.82) is 0 Å². The molecule has 182 valence electrons. The first-order valence-electron chi connectivity index (χ1n) is 12.1. The summed E-state index contributed by atoms with van der Waals surface area (Å²) in [6.07, 6.45) is 3.58. The van der Waals surface area contributed by atoms with Crippen LogP contribution in [-0.4, -0.2) is 43.0 Å². The molecule has 0 radical (unpaired) electrons. The molecule has 2 aliphatic rings. The SMILES string of the molecule is CCC(=O)Oc1cccc(-c2cc(-c3c(N4CCOCC4)sc4c3CC(C)(C)CC4=O)ccn2)c1. The summed E-state index contributed by atoms with van der Waals surface area (Å²) in [5.74, 6) is 0.480. The van der Waals surface area contributed by atoms with Gasteiger partial charge in [-0.2, -0.15) is 0 Å². The highest BCUT2D eigenvalue weighted by Crippen LogP contribution is 2.49. The molecule has 0 atom stereocenters. The lowest BCUT2D eigenvalue weighted by Gasteiger charge is -2.30. The van der Waals surface area contributed by atoms with E-state index < -0.39 is 0 Å². The molecule has 1 aromatic carbocycles. The molecule has 0 spiro atoms. The lowest BCUT2D eigenvalue weighted by molar-refractivity contribution is -0.134. The van der Waals surface area contributed by atoms with E-state index in [0.717, 1.165) is 57.3 Å². The molecule has 0 N–H and O–H groups in total. The predicted molar refractivity (Wildman–Crippen MR) is 138 cm³/mol. The number of anilines is 1. The van der Waals surface area contributed by atoms with Crippen molar-refractivity contribution >= 4 is 28.1 Å². The van der Waals surface area contributed by atoms with Crippen LogP contribution in [0.5, 0.6) is 5.75 Å². The number of benzene rings is 1. The van der Waals surface area contributed by atoms with Crippen LogP contribution < -0.4 is 9.64 Å². The summed E-state index contributed by atoms with van der Waals surface area (Å²) in [5.41, 5.74) is 4.95. The third kappa shape index (κ3) is 4.88. The van der Waals surface area contributed by atoms with Gasteiger partial charge in [-0.3, -0.25) is 14.6 Å². The highest BCUT2D eigenvalue weighted by Gasteiger charge is 2.37. The Kier molecular flexibility index (Phi) is 6.47. The molecule has 7 heteroatoms. The van der Waals surface area contributed by atoms with E-state index >= 15 is 0 Å². The second-order valence-electron chi connectivity index (χ2n) is 9.92. The molecule has 1 aliphatic heterocycles. The molecule has 0 unspecified atom stereocenters. The average molecular weight is 491 g/mol. The first kappa shape index (κ1) is 23.7. The molecule has 0 bridgehead atoms. The molecule has 0 amide bonds. The number of Topliss-reactive ketones (excluding diaryl/α,β-unsaturated/α-hetero) is 1. The Labute approximate surface area is 209 Å². The fourth-order valence-electron chi connectivity index (χ4n) is 4.86. The Morgan fingerprint density at radius 3 is 2.71 bits per heavy atom. The Morgan fingerprint density at radius 1 is 1.14 bits per heavy atom.